The maximum atomic E-state index is 10.7. The second-order valence-corrected chi connectivity index (χ2v) is 8.42. The minimum absolute atomic E-state index is 0.123. The van der Waals surface area contributed by atoms with E-state index in [1.807, 2.05) is 26.0 Å². The quantitative estimate of drug-likeness (QED) is 0.224. The van der Waals surface area contributed by atoms with Gasteiger partial charge in [0.15, 0.2) is 0 Å². The van der Waals surface area contributed by atoms with E-state index in [1.54, 1.807) is 56.3 Å². The van der Waals surface area contributed by atoms with Crippen LogP contribution < -0.4 is 0 Å². The Hall–Kier alpha value is -0.770. The van der Waals surface area contributed by atoms with Crippen LogP contribution in [-0.4, -0.2) is 4.92 Å². The summed E-state index contributed by atoms with van der Waals surface area (Å²) in [5.74, 6) is 0. The summed E-state index contributed by atoms with van der Waals surface area (Å²) < 4.78 is 2.53. The summed E-state index contributed by atoms with van der Waals surface area (Å²) in [6.07, 6.45) is 0. The van der Waals surface area contributed by atoms with E-state index < -0.39 is 0 Å². The molecule has 0 radical (unpaired) electrons. The van der Waals surface area contributed by atoms with E-state index in [-0.39, 0.29) is 10.6 Å². The third-order valence-electron chi connectivity index (χ3n) is 2.86. The predicted molar refractivity (Wildman–Crippen MR) is 110 cm³/mol. The zero-order valence-electron chi connectivity index (χ0n) is 12.5. The smallest absolute Gasteiger partial charge is 0.258 e. The first kappa shape index (κ1) is 18.6. The van der Waals surface area contributed by atoms with Crippen LogP contribution in [0.1, 0.15) is 13.8 Å². The van der Waals surface area contributed by atoms with E-state index in [9.17, 15) is 10.1 Å². The molecule has 0 unspecified atom stereocenters. The van der Waals surface area contributed by atoms with Crippen LogP contribution in [0.2, 0.25) is 0 Å². The van der Waals surface area contributed by atoms with Crippen LogP contribution in [0.15, 0.2) is 62.5 Å². The van der Waals surface area contributed by atoms with Gasteiger partial charge >= 0.3 is 0 Å². The molecule has 7 heteroatoms. The molecule has 1 aromatic heterocycles. The molecule has 1 heterocycles. The molecular weight excluding hydrogens is 461 g/mol. The second-order valence-electron chi connectivity index (χ2n) is 4.15. The molecule has 0 N–H and O–H groups in total. The molecule has 0 aliphatic heterocycles. The van der Waals surface area contributed by atoms with Crippen LogP contribution in [0, 0.1) is 10.1 Å². The average Bonchev–Trinajstić information content (AvgIpc) is 2.95. The molecule has 0 fully saturated rings. The van der Waals surface area contributed by atoms with Crippen molar-refractivity contribution in [3.05, 3.63) is 58.6 Å². The number of benzene rings is 2. The normalized spacial score (nSPS) is 10.2. The SMILES string of the molecule is CC.O=[N+]([O-])c1ccc(Sc2c(SI)sc3ccccc23)cc1. The molecule has 0 saturated carbocycles. The van der Waals surface area contributed by atoms with E-state index in [4.69, 9.17) is 0 Å². The largest absolute Gasteiger partial charge is 0.269 e. The maximum absolute atomic E-state index is 10.7. The molecule has 3 nitrogen and oxygen atoms in total. The lowest BCUT2D eigenvalue weighted by atomic mass is 10.3. The number of rotatable bonds is 4. The Morgan fingerprint density at radius 1 is 1.09 bits per heavy atom. The van der Waals surface area contributed by atoms with Crippen molar-refractivity contribution in [3.8, 4) is 0 Å². The van der Waals surface area contributed by atoms with Gasteiger partial charge in [0.2, 0.25) is 0 Å². The number of nitro benzene ring substituents is 1. The molecule has 3 aromatic rings. The highest BCUT2D eigenvalue weighted by Crippen LogP contribution is 2.48. The highest BCUT2D eigenvalue weighted by Gasteiger charge is 2.14. The van der Waals surface area contributed by atoms with Crippen LogP contribution in [0.25, 0.3) is 10.1 Å². The van der Waals surface area contributed by atoms with Crippen molar-refractivity contribution in [1.82, 2.24) is 0 Å². The van der Waals surface area contributed by atoms with E-state index in [0.29, 0.717) is 0 Å². The van der Waals surface area contributed by atoms with Gasteiger partial charge in [0.25, 0.3) is 5.69 Å². The number of thiophene rings is 1. The van der Waals surface area contributed by atoms with Crippen molar-refractivity contribution < 1.29 is 4.92 Å². The monoisotopic (exact) mass is 475 g/mol. The van der Waals surface area contributed by atoms with Gasteiger partial charge in [-0.3, -0.25) is 10.1 Å². The van der Waals surface area contributed by atoms with Gasteiger partial charge in [0.1, 0.15) is 0 Å². The van der Waals surface area contributed by atoms with Crippen molar-refractivity contribution in [2.75, 3.05) is 0 Å². The Kier molecular flexibility index (Phi) is 7.19. The molecule has 23 heavy (non-hydrogen) atoms. The lowest BCUT2D eigenvalue weighted by molar-refractivity contribution is -0.384. The third kappa shape index (κ3) is 4.40. The summed E-state index contributed by atoms with van der Waals surface area (Å²) in [5, 5.41) is 11.9. The number of non-ortho nitro benzene ring substituents is 1. The Morgan fingerprint density at radius 2 is 1.74 bits per heavy atom. The third-order valence-corrected chi connectivity index (χ3v) is 8.28. The van der Waals surface area contributed by atoms with Gasteiger partial charge in [-0.05, 0) is 27.1 Å². The molecule has 0 bridgehead atoms. The Morgan fingerprint density at radius 3 is 2.35 bits per heavy atom. The topological polar surface area (TPSA) is 43.1 Å². The number of fused-ring (bicyclic) bond motifs is 1. The molecule has 0 saturated heterocycles. The summed E-state index contributed by atoms with van der Waals surface area (Å²) in [6.45, 7) is 4.00. The first-order chi connectivity index (χ1) is 11.2. The zero-order chi connectivity index (χ0) is 16.8. The van der Waals surface area contributed by atoms with E-state index in [1.165, 1.54) is 19.2 Å². The maximum Gasteiger partial charge on any atom is 0.269 e. The molecule has 0 amide bonds. The minimum atomic E-state index is -0.374. The van der Waals surface area contributed by atoms with Crippen LogP contribution in [-0.2, 0) is 0 Å². The van der Waals surface area contributed by atoms with E-state index in [0.717, 1.165) is 4.90 Å². The lowest BCUT2D eigenvalue weighted by Gasteiger charge is -2.02. The fourth-order valence-corrected chi connectivity index (χ4v) is 6.67. The van der Waals surface area contributed by atoms with Crippen molar-refractivity contribution in [2.45, 2.75) is 27.8 Å². The lowest BCUT2D eigenvalue weighted by Crippen LogP contribution is -1.86. The fraction of sp³-hybridized carbons (Fsp3) is 0.125. The van der Waals surface area contributed by atoms with Crippen molar-refractivity contribution in [2.24, 2.45) is 0 Å². The summed E-state index contributed by atoms with van der Waals surface area (Å²) >= 11 is 5.73. The number of hydrogen-bond acceptors (Lipinski definition) is 5. The number of nitro groups is 1. The fourth-order valence-electron chi connectivity index (χ4n) is 1.90. The van der Waals surface area contributed by atoms with Crippen molar-refractivity contribution in [3.63, 3.8) is 0 Å². The van der Waals surface area contributed by atoms with Gasteiger partial charge in [-0.25, -0.2) is 0 Å². The number of halogens is 1. The van der Waals surface area contributed by atoms with Crippen LogP contribution in [0.4, 0.5) is 5.69 Å². The molecule has 0 aliphatic rings. The first-order valence-electron chi connectivity index (χ1n) is 6.91. The van der Waals surface area contributed by atoms with Crippen molar-refractivity contribution >= 4 is 69.0 Å². The molecule has 0 spiro atoms. The van der Waals surface area contributed by atoms with Gasteiger partial charge < -0.3 is 0 Å². The average molecular weight is 475 g/mol. The summed E-state index contributed by atoms with van der Waals surface area (Å²) in [7, 11) is 1.71. The van der Waals surface area contributed by atoms with Crippen LogP contribution >= 0.6 is 53.2 Å². The Labute approximate surface area is 159 Å². The number of nitrogens with zero attached hydrogens (tertiary/aromatic N) is 1. The second kappa shape index (κ2) is 8.91. The van der Waals surface area contributed by atoms with Crippen molar-refractivity contribution in [1.29, 1.82) is 0 Å². The summed E-state index contributed by atoms with van der Waals surface area (Å²) in [5.41, 5.74) is 0.123. The standard InChI is InChI=1S/C14H8INO2S3.C2H6/c15-21-14-13(11-3-1-2-4-12(11)20-14)19-10-7-5-9(6-8-10)16(17)18;1-2/h1-8H;1-2H3. The van der Waals surface area contributed by atoms with Crippen LogP contribution in [0.3, 0.4) is 0 Å². The highest BCUT2D eigenvalue weighted by molar-refractivity contribution is 14.2. The molecule has 0 aliphatic carbocycles. The van der Waals surface area contributed by atoms with Gasteiger partial charge in [-0.2, -0.15) is 0 Å². The minimum Gasteiger partial charge on any atom is -0.258 e. The van der Waals surface area contributed by atoms with Gasteiger partial charge in [-0.1, -0.05) is 43.8 Å². The van der Waals surface area contributed by atoms with Crippen LogP contribution in [0.5, 0.6) is 0 Å². The van der Waals surface area contributed by atoms with E-state index in [2.05, 4.69) is 33.3 Å². The molecule has 2 aromatic carbocycles. The first-order valence-corrected chi connectivity index (χ1v) is 11.9. The summed E-state index contributed by atoms with van der Waals surface area (Å²) in [4.78, 5) is 12.6. The molecule has 120 valence electrons. The van der Waals surface area contributed by atoms with E-state index >= 15 is 0 Å². The van der Waals surface area contributed by atoms with Gasteiger partial charge in [0.05, 0.1) is 9.13 Å². The Balaban J connectivity index is 0.000000924. The molecule has 3 rings (SSSR count). The summed E-state index contributed by atoms with van der Waals surface area (Å²) in [6, 6.07) is 15.0. The molecule has 0 atom stereocenters. The molecular formula is C16H14INO2S3. The van der Waals surface area contributed by atoms with Gasteiger partial charge in [0, 0.05) is 53.2 Å². The highest BCUT2D eigenvalue weighted by atomic mass is 127. The zero-order valence-corrected chi connectivity index (χ0v) is 17.1. The Bertz CT molecular complexity index is 803. The van der Waals surface area contributed by atoms with Gasteiger partial charge in [-0.15, -0.1) is 11.3 Å². The predicted octanol–water partition coefficient (Wildman–Crippen LogP) is 7.43. The number of hydrogen-bond donors (Lipinski definition) is 0.